The third-order valence-electron chi connectivity index (χ3n) is 3.84. The minimum Gasteiger partial charge on any atom is -0.350 e. The van der Waals surface area contributed by atoms with Gasteiger partial charge in [0.05, 0.1) is 13.1 Å². The summed E-state index contributed by atoms with van der Waals surface area (Å²) >= 11 is 1.59. The number of hydrogen-bond donors (Lipinski definition) is 1. The molecular formula is C17H18F2N2OS. The first-order valence-corrected chi connectivity index (χ1v) is 8.47. The van der Waals surface area contributed by atoms with Crippen molar-refractivity contribution < 1.29 is 13.6 Å². The average Bonchev–Trinajstić information content (AvgIpc) is 3.23. The van der Waals surface area contributed by atoms with E-state index >= 15 is 0 Å². The summed E-state index contributed by atoms with van der Waals surface area (Å²) < 4.78 is 26.8. The van der Waals surface area contributed by atoms with Gasteiger partial charge in [0.1, 0.15) is 11.6 Å². The van der Waals surface area contributed by atoms with Crippen LogP contribution in [0.5, 0.6) is 0 Å². The zero-order valence-corrected chi connectivity index (χ0v) is 13.4. The molecule has 1 saturated carbocycles. The second-order valence-electron chi connectivity index (χ2n) is 5.73. The number of nitrogens with one attached hydrogen (secondary N) is 1. The zero-order chi connectivity index (χ0) is 16.2. The summed E-state index contributed by atoms with van der Waals surface area (Å²) in [5.41, 5.74) is 0.421. The van der Waals surface area contributed by atoms with E-state index in [0.717, 1.165) is 23.8 Å². The van der Waals surface area contributed by atoms with Gasteiger partial charge >= 0.3 is 0 Å². The summed E-state index contributed by atoms with van der Waals surface area (Å²) in [6, 6.07) is 7.81. The molecule has 0 atom stereocenters. The van der Waals surface area contributed by atoms with Crippen molar-refractivity contribution in [3.63, 3.8) is 0 Å². The molecule has 2 aromatic rings. The van der Waals surface area contributed by atoms with Crippen molar-refractivity contribution in [2.24, 2.45) is 0 Å². The second-order valence-corrected chi connectivity index (χ2v) is 6.76. The topological polar surface area (TPSA) is 32.3 Å². The summed E-state index contributed by atoms with van der Waals surface area (Å²) in [6.07, 6.45) is 2.03. The number of carbonyl (C=O) groups is 1. The third-order valence-corrected chi connectivity index (χ3v) is 4.71. The molecular weight excluding hydrogens is 318 g/mol. The van der Waals surface area contributed by atoms with Gasteiger partial charge in [-0.15, -0.1) is 11.3 Å². The molecule has 1 amide bonds. The highest BCUT2D eigenvalue weighted by molar-refractivity contribution is 7.09. The molecule has 23 heavy (non-hydrogen) atoms. The van der Waals surface area contributed by atoms with Gasteiger partial charge in [0.15, 0.2) is 0 Å². The van der Waals surface area contributed by atoms with Crippen LogP contribution in [-0.2, 0) is 17.9 Å². The Morgan fingerprint density at radius 1 is 1.30 bits per heavy atom. The van der Waals surface area contributed by atoms with Crippen LogP contribution >= 0.6 is 11.3 Å². The monoisotopic (exact) mass is 336 g/mol. The summed E-state index contributed by atoms with van der Waals surface area (Å²) in [5.74, 6) is -1.22. The zero-order valence-electron chi connectivity index (χ0n) is 12.6. The molecule has 122 valence electrons. The maximum absolute atomic E-state index is 13.8. The van der Waals surface area contributed by atoms with Crippen molar-refractivity contribution in [1.29, 1.82) is 0 Å². The summed E-state index contributed by atoms with van der Waals surface area (Å²) in [6.45, 7) is 1.07. The van der Waals surface area contributed by atoms with Crippen LogP contribution in [0, 0.1) is 11.6 Å². The van der Waals surface area contributed by atoms with E-state index in [1.807, 2.05) is 22.4 Å². The van der Waals surface area contributed by atoms with E-state index in [4.69, 9.17) is 0 Å². The highest BCUT2D eigenvalue weighted by Crippen LogP contribution is 2.28. The van der Waals surface area contributed by atoms with E-state index in [2.05, 4.69) is 5.32 Å². The Balaban J connectivity index is 1.57. The first kappa shape index (κ1) is 16.1. The molecule has 1 fully saturated rings. The predicted octanol–water partition coefficient (Wildman–Crippen LogP) is 3.31. The number of thiophene rings is 1. The number of amides is 1. The maximum atomic E-state index is 13.8. The van der Waals surface area contributed by atoms with E-state index in [0.29, 0.717) is 24.7 Å². The first-order chi connectivity index (χ1) is 11.1. The van der Waals surface area contributed by atoms with E-state index < -0.39 is 11.6 Å². The quantitative estimate of drug-likeness (QED) is 0.841. The molecule has 1 heterocycles. The Hall–Kier alpha value is -1.79. The lowest BCUT2D eigenvalue weighted by atomic mass is 10.2. The van der Waals surface area contributed by atoms with Crippen LogP contribution in [-0.4, -0.2) is 23.4 Å². The number of carbonyl (C=O) groups excluding carboxylic acids is 1. The Labute approximate surface area is 137 Å². The van der Waals surface area contributed by atoms with Gasteiger partial charge in [-0.2, -0.15) is 0 Å². The maximum Gasteiger partial charge on any atom is 0.234 e. The highest BCUT2D eigenvalue weighted by atomic mass is 32.1. The average molecular weight is 336 g/mol. The van der Waals surface area contributed by atoms with Gasteiger partial charge in [0.2, 0.25) is 5.91 Å². The molecule has 0 unspecified atom stereocenters. The van der Waals surface area contributed by atoms with Crippen LogP contribution in [0.3, 0.4) is 0 Å². The second kappa shape index (κ2) is 7.19. The standard InChI is InChI=1S/C17H18F2N2OS/c18-13-4-3-12(16(19)8-13)10-21(14-5-6-14)11-17(22)20-9-15-2-1-7-23-15/h1-4,7-8,14H,5-6,9-11H2,(H,20,22). The third kappa shape index (κ3) is 4.59. The van der Waals surface area contributed by atoms with Crippen LogP contribution in [0.1, 0.15) is 23.3 Å². The molecule has 1 aromatic heterocycles. The van der Waals surface area contributed by atoms with Crippen LogP contribution in [0.25, 0.3) is 0 Å². The molecule has 6 heteroatoms. The van der Waals surface area contributed by atoms with Gasteiger partial charge < -0.3 is 5.32 Å². The highest BCUT2D eigenvalue weighted by Gasteiger charge is 2.30. The van der Waals surface area contributed by atoms with Crippen molar-refractivity contribution in [2.45, 2.75) is 32.0 Å². The van der Waals surface area contributed by atoms with Crippen molar-refractivity contribution in [3.8, 4) is 0 Å². The Morgan fingerprint density at radius 3 is 2.78 bits per heavy atom. The van der Waals surface area contributed by atoms with Crippen molar-refractivity contribution in [2.75, 3.05) is 6.54 Å². The van der Waals surface area contributed by atoms with Crippen molar-refractivity contribution >= 4 is 17.2 Å². The summed E-state index contributed by atoms with van der Waals surface area (Å²) in [4.78, 5) is 15.2. The largest absolute Gasteiger partial charge is 0.350 e. The molecule has 0 spiro atoms. The Bertz CT molecular complexity index is 671. The minimum atomic E-state index is -0.585. The van der Waals surface area contributed by atoms with Crippen molar-refractivity contribution in [1.82, 2.24) is 10.2 Å². The lowest BCUT2D eigenvalue weighted by Crippen LogP contribution is -2.38. The van der Waals surface area contributed by atoms with Gasteiger partial charge in [0, 0.05) is 29.1 Å². The van der Waals surface area contributed by atoms with Gasteiger partial charge in [-0.05, 0) is 30.4 Å². The number of halogens is 2. The fourth-order valence-electron chi connectivity index (χ4n) is 2.46. The lowest BCUT2D eigenvalue weighted by Gasteiger charge is -2.21. The Kier molecular flexibility index (Phi) is 5.03. The molecule has 1 aromatic carbocycles. The minimum absolute atomic E-state index is 0.0761. The number of benzene rings is 1. The lowest BCUT2D eigenvalue weighted by molar-refractivity contribution is -0.122. The van der Waals surface area contributed by atoms with Gasteiger partial charge in [-0.1, -0.05) is 12.1 Å². The molecule has 3 rings (SSSR count). The van der Waals surface area contributed by atoms with E-state index in [1.54, 1.807) is 11.3 Å². The summed E-state index contributed by atoms with van der Waals surface area (Å²) in [5, 5.41) is 4.85. The Morgan fingerprint density at radius 2 is 2.13 bits per heavy atom. The number of rotatable bonds is 7. The van der Waals surface area contributed by atoms with Crippen LogP contribution in [0.15, 0.2) is 35.7 Å². The molecule has 0 saturated heterocycles. The SMILES string of the molecule is O=C(CN(Cc1ccc(F)cc1F)C1CC1)NCc1cccs1. The molecule has 1 aliphatic carbocycles. The van der Waals surface area contributed by atoms with Crippen molar-refractivity contribution in [3.05, 3.63) is 57.8 Å². The van der Waals surface area contributed by atoms with Gasteiger partial charge in [-0.3, -0.25) is 9.69 Å². The summed E-state index contributed by atoms with van der Waals surface area (Å²) in [7, 11) is 0. The number of hydrogen-bond acceptors (Lipinski definition) is 3. The molecule has 0 radical (unpaired) electrons. The van der Waals surface area contributed by atoms with E-state index in [1.165, 1.54) is 12.1 Å². The fraction of sp³-hybridized carbons (Fsp3) is 0.353. The molecule has 1 N–H and O–H groups in total. The number of nitrogens with zero attached hydrogens (tertiary/aromatic N) is 1. The van der Waals surface area contributed by atoms with Gasteiger partial charge in [-0.25, -0.2) is 8.78 Å². The first-order valence-electron chi connectivity index (χ1n) is 7.59. The van der Waals surface area contributed by atoms with Crippen LogP contribution in [0.4, 0.5) is 8.78 Å². The smallest absolute Gasteiger partial charge is 0.234 e. The molecule has 1 aliphatic rings. The predicted molar refractivity (Wildman–Crippen MR) is 86.0 cm³/mol. The van der Waals surface area contributed by atoms with E-state index in [9.17, 15) is 13.6 Å². The van der Waals surface area contributed by atoms with E-state index in [-0.39, 0.29) is 12.5 Å². The normalized spacial score (nSPS) is 14.2. The fourth-order valence-corrected chi connectivity index (χ4v) is 3.11. The molecule has 0 aliphatic heterocycles. The van der Waals surface area contributed by atoms with Crippen LogP contribution in [0.2, 0.25) is 0 Å². The van der Waals surface area contributed by atoms with Gasteiger partial charge in [0.25, 0.3) is 0 Å². The molecule has 0 bridgehead atoms. The van der Waals surface area contributed by atoms with Crippen LogP contribution < -0.4 is 5.32 Å². The molecule has 3 nitrogen and oxygen atoms in total.